The number of hydrogen-bond acceptors (Lipinski definition) is 5. The highest BCUT2D eigenvalue weighted by molar-refractivity contribution is 7.99. The van der Waals surface area contributed by atoms with Gasteiger partial charge in [0.15, 0.2) is 5.16 Å². The van der Waals surface area contributed by atoms with Gasteiger partial charge in [-0.1, -0.05) is 54.2 Å². The minimum absolute atomic E-state index is 0.0580. The summed E-state index contributed by atoms with van der Waals surface area (Å²) < 4.78 is 7.20. The fraction of sp³-hybridized carbons (Fsp3) is 0.400. The number of ether oxygens (including phenoxy) is 1. The summed E-state index contributed by atoms with van der Waals surface area (Å²) in [7, 11) is 0. The number of benzene rings is 2. The van der Waals surface area contributed by atoms with E-state index in [0.29, 0.717) is 35.8 Å². The van der Waals surface area contributed by atoms with Crippen LogP contribution >= 0.6 is 11.8 Å². The van der Waals surface area contributed by atoms with Gasteiger partial charge >= 0.3 is 0 Å². The molecule has 0 aliphatic carbocycles. The third-order valence-corrected chi connectivity index (χ3v) is 5.92. The van der Waals surface area contributed by atoms with Crippen LogP contribution < -0.4 is 10.9 Å². The Bertz CT molecular complexity index is 1070. The molecular formula is C25H31N3O3S. The Morgan fingerprint density at radius 1 is 1.09 bits per heavy atom. The molecule has 0 aliphatic rings. The summed E-state index contributed by atoms with van der Waals surface area (Å²) in [6, 6.07) is 17.6. The number of nitrogens with zero attached hydrogens (tertiary/aromatic N) is 2. The van der Waals surface area contributed by atoms with Gasteiger partial charge in [0.2, 0.25) is 5.91 Å². The molecule has 1 aromatic heterocycles. The minimum Gasteiger partial charge on any atom is -0.379 e. The predicted octanol–water partition coefficient (Wildman–Crippen LogP) is 4.05. The maximum Gasteiger partial charge on any atom is 0.262 e. The van der Waals surface area contributed by atoms with E-state index < -0.39 is 0 Å². The number of aromatic nitrogens is 2. The van der Waals surface area contributed by atoms with Crippen LogP contribution in [0.5, 0.6) is 0 Å². The molecule has 3 aromatic rings. The second-order valence-corrected chi connectivity index (χ2v) is 8.81. The molecule has 7 heteroatoms. The maximum atomic E-state index is 13.1. The highest BCUT2D eigenvalue weighted by Gasteiger charge is 2.13. The Morgan fingerprint density at radius 3 is 2.62 bits per heavy atom. The molecule has 3 rings (SSSR count). The Kier molecular flexibility index (Phi) is 9.31. The number of rotatable bonds is 12. The summed E-state index contributed by atoms with van der Waals surface area (Å²) >= 11 is 1.31. The van der Waals surface area contributed by atoms with Crippen molar-refractivity contribution in [2.24, 2.45) is 0 Å². The van der Waals surface area contributed by atoms with E-state index in [1.54, 1.807) is 10.6 Å². The van der Waals surface area contributed by atoms with Crippen molar-refractivity contribution in [3.8, 4) is 0 Å². The summed E-state index contributed by atoms with van der Waals surface area (Å²) in [5.41, 5.74) is 1.84. The molecule has 2 aromatic carbocycles. The average molecular weight is 454 g/mol. The van der Waals surface area contributed by atoms with Gasteiger partial charge in [0, 0.05) is 19.7 Å². The largest absolute Gasteiger partial charge is 0.379 e. The van der Waals surface area contributed by atoms with Crippen LogP contribution in [0.1, 0.15) is 32.3 Å². The summed E-state index contributed by atoms with van der Waals surface area (Å²) in [6.45, 7) is 5.73. The lowest BCUT2D eigenvalue weighted by Gasteiger charge is -2.13. The summed E-state index contributed by atoms with van der Waals surface area (Å²) in [6.07, 6.45) is 2.66. The van der Waals surface area contributed by atoms with Crippen LogP contribution in [0.15, 0.2) is 64.5 Å². The molecule has 0 bridgehead atoms. The molecule has 0 aliphatic heterocycles. The van der Waals surface area contributed by atoms with Crippen LogP contribution in [0.2, 0.25) is 0 Å². The van der Waals surface area contributed by atoms with Gasteiger partial charge in [0.25, 0.3) is 5.56 Å². The number of thioether (sulfide) groups is 1. The Morgan fingerprint density at radius 2 is 1.84 bits per heavy atom. The van der Waals surface area contributed by atoms with Crippen molar-refractivity contribution in [3.63, 3.8) is 0 Å². The zero-order chi connectivity index (χ0) is 22.8. The number of hydrogen-bond donors (Lipinski definition) is 1. The van der Waals surface area contributed by atoms with Gasteiger partial charge in [0.1, 0.15) is 0 Å². The molecule has 1 amide bonds. The van der Waals surface area contributed by atoms with Gasteiger partial charge in [-0.05, 0) is 50.8 Å². The van der Waals surface area contributed by atoms with E-state index in [0.717, 1.165) is 19.3 Å². The van der Waals surface area contributed by atoms with Crippen molar-refractivity contribution >= 4 is 28.6 Å². The van der Waals surface area contributed by atoms with Gasteiger partial charge < -0.3 is 10.1 Å². The first-order valence-corrected chi connectivity index (χ1v) is 12.1. The fourth-order valence-corrected chi connectivity index (χ4v) is 4.20. The summed E-state index contributed by atoms with van der Waals surface area (Å²) in [5.74, 6) is 0.145. The number of nitrogens with one attached hydrogen (secondary N) is 1. The van der Waals surface area contributed by atoms with Gasteiger partial charge in [-0.15, -0.1) is 0 Å². The molecule has 6 nitrogen and oxygen atoms in total. The molecule has 170 valence electrons. The predicted molar refractivity (Wildman–Crippen MR) is 130 cm³/mol. The number of aryl methyl sites for hydroxylation is 1. The lowest BCUT2D eigenvalue weighted by Crippen LogP contribution is -2.28. The molecule has 0 spiro atoms. The molecule has 0 saturated heterocycles. The third-order valence-electron chi connectivity index (χ3n) is 4.94. The average Bonchev–Trinajstić information content (AvgIpc) is 2.79. The number of amides is 1. The second kappa shape index (κ2) is 12.4. The van der Waals surface area contributed by atoms with E-state index >= 15 is 0 Å². The van der Waals surface area contributed by atoms with Crippen LogP contribution in [0.25, 0.3) is 10.9 Å². The molecule has 0 radical (unpaired) electrons. The van der Waals surface area contributed by atoms with Gasteiger partial charge in [-0.25, -0.2) is 4.98 Å². The standard InChI is InChI=1S/C25H31N3O3S/c1-19(2)31-17-9-15-26-23(29)18-32-25-27-22-14-7-6-13-21(22)24(30)28(25)16-8-12-20-10-4-3-5-11-20/h3-7,10-11,13-14,19H,8-9,12,15-18H2,1-2H3,(H,26,29). The molecule has 0 unspecified atom stereocenters. The molecule has 0 saturated carbocycles. The fourth-order valence-electron chi connectivity index (χ4n) is 3.34. The van der Waals surface area contributed by atoms with Crippen molar-refractivity contribution in [2.45, 2.75) is 50.9 Å². The van der Waals surface area contributed by atoms with Crippen LogP contribution in [0, 0.1) is 0 Å². The topological polar surface area (TPSA) is 73.2 Å². The Balaban J connectivity index is 1.64. The molecule has 0 atom stereocenters. The first-order valence-electron chi connectivity index (χ1n) is 11.1. The van der Waals surface area contributed by atoms with E-state index in [4.69, 9.17) is 4.74 Å². The van der Waals surface area contributed by atoms with E-state index in [2.05, 4.69) is 22.4 Å². The zero-order valence-corrected chi connectivity index (χ0v) is 19.6. The first-order chi connectivity index (χ1) is 15.5. The lowest BCUT2D eigenvalue weighted by atomic mass is 10.1. The van der Waals surface area contributed by atoms with E-state index in [1.165, 1.54) is 17.3 Å². The maximum absolute atomic E-state index is 13.1. The Hall–Kier alpha value is -2.64. The number of fused-ring (bicyclic) bond motifs is 1. The number of para-hydroxylation sites is 1. The van der Waals surface area contributed by atoms with Crippen LogP contribution in [-0.2, 0) is 22.5 Å². The highest BCUT2D eigenvalue weighted by Crippen LogP contribution is 2.18. The molecule has 1 heterocycles. The Labute approximate surface area is 193 Å². The molecule has 0 fully saturated rings. The van der Waals surface area contributed by atoms with Gasteiger partial charge in [-0.3, -0.25) is 14.2 Å². The first kappa shape index (κ1) is 24.0. The van der Waals surface area contributed by atoms with Crippen molar-refractivity contribution in [1.82, 2.24) is 14.9 Å². The van der Waals surface area contributed by atoms with Crippen LogP contribution in [0.4, 0.5) is 0 Å². The lowest BCUT2D eigenvalue weighted by molar-refractivity contribution is -0.118. The van der Waals surface area contributed by atoms with Crippen molar-refractivity contribution in [1.29, 1.82) is 0 Å². The number of carbonyl (C=O) groups excluding carboxylic acids is 1. The van der Waals surface area contributed by atoms with Crippen LogP contribution in [-0.4, -0.2) is 40.5 Å². The molecule has 32 heavy (non-hydrogen) atoms. The normalized spacial score (nSPS) is 11.2. The van der Waals surface area contributed by atoms with E-state index in [-0.39, 0.29) is 23.3 Å². The highest BCUT2D eigenvalue weighted by atomic mass is 32.2. The molecule has 1 N–H and O–H groups in total. The minimum atomic E-state index is -0.0715. The SMILES string of the molecule is CC(C)OCCCNC(=O)CSc1nc2ccccc2c(=O)n1CCCc1ccccc1. The summed E-state index contributed by atoms with van der Waals surface area (Å²) in [5, 5.41) is 4.09. The van der Waals surface area contributed by atoms with E-state index in [1.807, 2.05) is 50.2 Å². The van der Waals surface area contributed by atoms with Crippen LogP contribution in [0.3, 0.4) is 0 Å². The second-order valence-electron chi connectivity index (χ2n) is 7.87. The monoisotopic (exact) mass is 453 g/mol. The van der Waals surface area contributed by atoms with E-state index in [9.17, 15) is 9.59 Å². The van der Waals surface area contributed by atoms with Gasteiger partial charge in [0.05, 0.1) is 22.8 Å². The van der Waals surface area contributed by atoms with Crippen molar-refractivity contribution in [2.75, 3.05) is 18.9 Å². The zero-order valence-electron chi connectivity index (χ0n) is 18.8. The van der Waals surface area contributed by atoms with Crippen molar-refractivity contribution < 1.29 is 9.53 Å². The quantitative estimate of drug-likeness (QED) is 0.254. The number of carbonyl (C=O) groups is 1. The van der Waals surface area contributed by atoms with Crippen molar-refractivity contribution in [3.05, 3.63) is 70.5 Å². The third kappa shape index (κ3) is 7.21. The molecular weight excluding hydrogens is 422 g/mol. The smallest absolute Gasteiger partial charge is 0.262 e. The summed E-state index contributed by atoms with van der Waals surface area (Å²) in [4.78, 5) is 30.1. The van der Waals surface area contributed by atoms with Gasteiger partial charge in [-0.2, -0.15) is 0 Å².